The third kappa shape index (κ3) is 3.44. The number of nitrogens with zero attached hydrogens (tertiary/aromatic N) is 2. The van der Waals surface area contributed by atoms with Gasteiger partial charge in [-0.3, -0.25) is 9.59 Å². The van der Waals surface area contributed by atoms with Crippen LogP contribution in [0.5, 0.6) is 0 Å². The van der Waals surface area contributed by atoms with E-state index in [1.807, 2.05) is 35.2 Å². The van der Waals surface area contributed by atoms with Crippen LogP contribution in [-0.2, 0) is 16.1 Å². The number of hydrogen-bond acceptors (Lipinski definition) is 2. The lowest BCUT2D eigenvalue weighted by atomic mass is 9.78. The number of fused-ring (bicyclic) bond motifs is 1. The average Bonchev–Trinajstić information content (AvgIpc) is 3.02. The smallest absolute Gasteiger partial charge is 0.228 e. The van der Waals surface area contributed by atoms with Gasteiger partial charge >= 0.3 is 0 Å². The summed E-state index contributed by atoms with van der Waals surface area (Å²) >= 11 is 0. The molecule has 2 aliphatic heterocycles. The molecule has 0 spiro atoms. The molecule has 3 aliphatic rings. The fourth-order valence-electron chi connectivity index (χ4n) is 5.03. The van der Waals surface area contributed by atoms with E-state index < -0.39 is 0 Å². The van der Waals surface area contributed by atoms with Gasteiger partial charge in [0, 0.05) is 32.1 Å². The van der Waals surface area contributed by atoms with Crippen molar-refractivity contribution in [1.82, 2.24) is 9.80 Å². The van der Waals surface area contributed by atoms with Crippen LogP contribution in [-0.4, -0.2) is 40.7 Å². The second kappa shape index (κ2) is 7.19. The number of benzene rings is 1. The van der Waals surface area contributed by atoms with Crippen molar-refractivity contribution in [1.29, 1.82) is 0 Å². The lowest BCUT2D eigenvalue weighted by molar-refractivity contribution is -0.142. The zero-order valence-corrected chi connectivity index (χ0v) is 14.9. The number of carbonyl (C=O) groups excluding carboxylic acids is 2. The van der Waals surface area contributed by atoms with Crippen molar-refractivity contribution >= 4 is 11.8 Å². The summed E-state index contributed by atoms with van der Waals surface area (Å²) in [7, 11) is 0. The van der Waals surface area contributed by atoms with E-state index in [0.29, 0.717) is 31.5 Å². The van der Waals surface area contributed by atoms with Gasteiger partial charge in [0.2, 0.25) is 11.8 Å². The highest BCUT2D eigenvalue weighted by molar-refractivity contribution is 5.89. The van der Waals surface area contributed by atoms with Crippen LogP contribution in [0.4, 0.5) is 0 Å². The number of rotatable bonds is 3. The molecule has 0 unspecified atom stereocenters. The Kier molecular flexibility index (Phi) is 4.78. The Balaban J connectivity index is 1.41. The predicted octanol–water partition coefficient (Wildman–Crippen LogP) is 3.22. The van der Waals surface area contributed by atoms with Gasteiger partial charge in [-0.1, -0.05) is 43.2 Å². The summed E-state index contributed by atoms with van der Waals surface area (Å²) in [5.74, 6) is 0.917. The van der Waals surface area contributed by atoms with Crippen LogP contribution in [0.1, 0.15) is 50.5 Å². The van der Waals surface area contributed by atoms with E-state index in [1.54, 1.807) is 0 Å². The normalized spacial score (nSPS) is 29.6. The molecular formula is C21H28N2O2. The zero-order chi connectivity index (χ0) is 17.2. The molecule has 1 aliphatic carbocycles. The second-order valence-electron chi connectivity index (χ2n) is 7.95. The lowest BCUT2D eigenvalue weighted by Crippen LogP contribution is -2.51. The molecule has 25 heavy (non-hydrogen) atoms. The first-order chi connectivity index (χ1) is 12.2. The SMILES string of the molecule is O=C1C[C@H](C(=O)N2CCC[C@H]3CCCC[C@H]32)CN1Cc1ccccc1. The Hall–Kier alpha value is -1.84. The summed E-state index contributed by atoms with van der Waals surface area (Å²) in [6, 6.07) is 10.5. The molecule has 4 heteroatoms. The molecule has 134 valence electrons. The summed E-state index contributed by atoms with van der Waals surface area (Å²) in [4.78, 5) is 29.6. The van der Waals surface area contributed by atoms with E-state index in [0.717, 1.165) is 24.9 Å². The maximum absolute atomic E-state index is 13.1. The summed E-state index contributed by atoms with van der Waals surface area (Å²) in [6.07, 6.45) is 7.78. The zero-order valence-electron chi connectivity index (χ0n) is 14.9. The fourth-order valence-corrected chi connectivity index (χ4v) is 5.03. The molecule has 1 aromatic rings. The molecule has 0 radical (unpaired) electrons. The predicted molar refractivity (Wildman–Crippen MR) is 96.7 cm³/mol. The van der Waals surface area contributed by atoms with Crippen molar-refractivity contribution < 1.29 is 9.59 Å². The van der Waals surface area contributed by atoms with Gasteiger partial charge < -0.3 is 9.80 Å². The Bertz CT molecular complexity index is 628. The number of piperidine rings is 1. The van der Waals surface area contributed by atoms with E-state index in [4.69, 9.17) is 0 Å². The summed E-state index contributed by atoms with van der Waals surface area (Å²) < 4.78 is 0. The van der Waals surface area contributed by atoms with E-state index in [1.165, 1.54) is 25.7 Å². The number of hydrogen-bond donors (Lipinski definition) is 0. The molecule has 1 saturated carbocycles. The Morgan fingerprint density at radius 3 is 2.64 bits per heavy atom. The standard InChI is InChI=1S/C21H28N2O2/c24-20-13-18(15-22(20)14-16-7-2-1-3-8-16)21(25)23-12-6-10-17-9-4-5-11-19(17)23/h1-3,7-8,17-19H,4-6,9-15H2/t17-,18+,19-/m1/s1. The number of carbonyl (C=O) groups is 2. The van der Waals surface area contributed by atoms with Gasteiger partial charge in [-0.05, 0) is 37.2 Å². The van der Waals surface area contributed by atoms with Gasteiger partial charge in [0.25, 0.3) is 0 Å². The highest BCUT2D eigenvalue weighted by Gasteiger charge is 2.41. The first kappa shape index (κ1) is 16.6. The third-order valence-corrected chi connectivity index (χ3v) is 6.31. The highest BCUT2D eigenvalue weighted by Crippen LogP contribution is 2.36. The quantitative estimate of drug-likeness (QED) is 0.848. The largest absolute Gasteiger partial charge is 0.339 e. The minimum absolute atomic E-state index is 0.124. The Labute approximate surface area is 150 Å². The van der Waals surface area contributed by atoms with Gasteiger partial charge in [0.1, 0.15) is 0 Å². The van der Waals surface area contributed by atoms with E-state index in [2.05, 4.69) is 4.90 Å². The van der Waals surface area contributed by atoms with Crippen molar-refractivity contribution in [2.45, 2.75) is 57.5 Å². The van der Waals surface area contributed by atoms with Crippen LogP contribution < -0.4 is 0 Å². The van der Waals surface area contributed by atoms with Crippen molar-refractivity contribution in [3.8, 4) is 0 Å². The van der Waals surface area contributed by atoms with E-state index >= 15 is 0 Å². The molecule has 2 saturated heterocycles. The Morgan fingerprint density at radius 1 is 1.04 bits per heavy atom. The first-order valence-electron chi connectivity index (χ1n) is 9.84. The first-order valence-corrected chi connectivity index (χ1v) is 9.84. The molecule has 0 bridgehead atoms. The fraction of sp³-hybridized carbons (Fsp3) is 0.619. The van der Waals surface area contributed by atoms with E-state index in [9.17, 15) is 9.59 Å². The van der Waals surface area contributed by atoms with Crippen LogP contribution in [0, 0.1) is 11.8 Å². The van der Waals surface area contributed by atoms with Crippen LogP contribution in [0.3, 0.4) is 0 Å². The maximum atomic E-state index is 13.1. The van der Waals surface area contributed by atoms with Crippen molar-refractivity contribution in [2.75, 3.05) is 13.1 Å². The average molecular weight is 340 g/mol. The van der Waals surface area contributed by atoms with Gasteiger partial charge in [0.05, 0.1) is 5.92 Å². The molecule has 4 rings (SSSR count). The monoisotopic (exact) mass is 340 g/mol. The molecule has 0 aromatic heterocycles. The summed E-state index contributed by atoms with van der Waals surface area (Å²) in [5, 5.41) is 0. The van der Waals surface area contributed by atoms with Crippen LogP contribution in [0.2, 0.25) is 0 Å². The molecular weight excluding hydrogens is 312 g/mol. The van der Waals surface area contributed by atoms with Crippen LogP contribution in [0.25, 0.3) is 0 Å². The maximum Gasteiger partial charge on any atom is 0.228 e. The third-order valence-electron chi connectivity index (χ3n) is 6.31. The van der Waals surface area contributed by atoms with Crippen molar-refractivity contribution in [2.24, 2.45) is 11.8 Å². The summed E-state index contributed by atoms with van der Waals surface area (Å²) in [5.41, 5.74) is 1.13. The minimum atomic E-state index is -0.142. The number of amides is 2. The Morgan fingerprint density at radius 2 is 1.80 bits per heavy atom. The second-order valence-corrected chi connectivity index (χ2v) is 7.95. The van der Waals surface area contributed by atoms with Gasteiger partial charge in [0.15, 0.2) is 0 Å². The topological polar surface area (TPSA) is 40.6 Å². The van der Waals surface area contributed by atoms with Crippen molar-refractivity contribution in [3.05, 3.63) is 35.9 Å². The van der Waals surface area contributed by atoms with Gasteiger partial charge in [-0.15, -0.1) is 0 Å². The molecule has 2 heterocycles. The molecule has 3 atom stereocenters. The number of likely N-dealkylation sites (tertiary alicyclic amines) is 2. The molecule has 0 N–H and O–H groups in total. The highest BCUT2D eigenvalue weighted by atomic mass is 16.2. The van der Waals surface area contributed by atoms with Gasteiger partial charge in [-0.2, -0.15) is 0 Å². The van der Waals surface area contributed by atoms with Crippen LogP contribution in [0.15, 0.2) is 30.3 Å². The van der Waals surface area contributed by atoms with Crippen LogP contribution >= 0.6 is 0 Å². The molecule has 1 aromatic carbocycles. The lowest BCUT2D eigenvalue weighted by Gasteiger charge is -2.45. The summed E-state index contributed by atoms with van der Waals surface area (Å²) in [6.45, 7) is 2.10. The molecule has 4 nitrogen and oxygen atoms in total. The van der Waals surface area contributed by atoms with E-state index in [-0.39, 0.29) is 17.7 Å². The molecule has 2 amide bonds. The van der Waals surface area contributed by atoms with Crippen molar-refractivity contribution in [3.63, 3.8) is 0 Å². The van der Waals surface area contributed by atoms with Gasteiger partial charge in [-0.25, -0.2) is 0 Å². The molecule has 3 fully saturated rings. The minimum Gasteiger partial charge on any atom is -0.339 e.